The van der Waals surface area contributed by atoms with Crippen LogP contribution in [0.3, 0.4) is 0 Å². The van der Waals surface area contributed by atoms with Crippen LogP contribution in [0.1, 0.15) is 24.8 Å². The first-order chi connectivity index (χ1) is 6.91. The van der Waals surface area contributed by atoms with E-state index in [0.29, 0.717) is 5.56 Å². The average molecular weight is 277 g/mol. The zero-order valence-electron chi connectivity index (χ0n) is 8.00. The molecule has 5 heteroatoms. The molecule has 82 valence electrons. The second kappa shape index (κ2) is 4.61. The summed E-state index contributed by atoms with van der Waals surface area (Å²) in [6, 6.07) is 2.37. The van der Waals surface area contributed by atoms with E-state index in [2.05, 4.69) is 15.9 Å². The van der Waals surface area contributed by atoms with E-state index in [1.807, 2.05) is 0 Å². The van der Waals surface area contributed by atoms with Crippen LogP contribution in [-0.2, 0) is 4.79 Å². The van der Waals surface area contributed by atoms with E-state index in [9.17, 15) is 14.3 Å². The number of aliphatic carboxylic acids is 1. The normalized spacial score (nSPS) is 12.5. The molecule has 1 aromatic carbocycles. The summed E-state index contributed by atoms with van der Waals surface area (Å²) in [5, 5.41) is 18.1. The highest BCUT2D eigenvalue weighted by Gasteiger charge is 2.16. The summed E-state index contributed by atoms with van der Waals surface area (Å²) in [6.07, 6.45) is -0.144. The van der Waals surface area contributed by atoms with Crippen molar-refractivity contribution in [3.05, 3.63) is 28.0 Å². The minimum Gasteiger partial charge on any atom is -0.508 e. The van der Waals surface area contributed by atoms with Crippen LogP contribution in [-0.4, -0.2) is 16.2 Å². The van der Waals surface area contributed by atoms with Crippen molar-refractivity contribution in [2.24, 2.45) is 0 Å². The summed E-state index contributed by atoms with van der Waals surface area (Å²) in [7, 11) is 0. The van der Waals surface area contributed by atoms with E-state index >= 15 is 0 Å². The van der Waals surface area contributed by atoms with Crippen LogP contribution in [0.15, 0.2) is 16.6 Å². The third-order valence-corrected chi connectivity index (χ3v) is 2.69. The number of benzene rings is 1. The molecule has 1 rings (SSSR count). The Balaban J connectivity index is 3.03. The quantitative estimate of drug-likeness (QED) is 0.893. The van der Waals surface area contributed by atoms with Crippen LogP contribution in [0.25, 0.3) is 0 Å². The van der Waals surface area contributed by atoms with Crippen LogP contribution in [0.5, 0.6) is 5.75 Å². The first kappa shape index (κ1) is 12.0. The summed E-state index contributed by atoms with van der Waals surface area (Å²) in [5.74, 6) is -2.02. The van der Waals surface area contributed by atoms with Crippen molar-refractivity contribution in [2.75, 3.05) is 0 Å². The van der Waals surface area contributed by atoms with E-state index in [1.165, 1.54) is 6.07 Å². The van der Waals surface area contributed by atoms with E-state index in [0.717, 1.165) is 6.07 Å². The SMILES string of the molecule is CC(CC(=O)O)c1cc(F)c(Br)cc1O. The zero-order valence-corrected chi connectivity index (χ0v) is 9.58. The standard InChI is InChI=1S/C10H10BrFO3/c1-5(2-10(14)15)6-3-8(12)7(11)4-9(6)13/h3-5,13H,2H2,1H3,(H,14,15). The van der Waals surface area contributed by atoms with Crippen molar-refractivity contribution in [2.45, 2.75) is 19.3 Å². The highest BCUT2D eigenvalue weighted by atomic mass is 79.9. The van der Waals surface area contributed by atoms with Gasteiger partial charge >= 0.3 is 5.97 Å². The monoisotopic (exact) mass is 276 g/mol. The van der Waals surface area contributed by atoms with Crippen LogP contribution in [0.2, 0.25) is 0 Å². The maximum absolute atomic E-state index is 13.2. The molecular formula is C10H10BrFO3. The van der Waals surface area contributed by atoms with Crippen LogP contribution < -0.4 is 0 Å². The molecule has 0 aliphatic carbocycles. The molecule has 1 atom stereocenters. The van der Waals surface area contributed by atoms with Crippen LogP contribution in [0, 0.1) is 5.82 Å². The van der Waals surface area contributed by atoms with Gasteiger partial charge in [0.15, 0.2) is 0 Å². The zero-order chi connectivity index (χ0) is 11.6. The Hall–Kier alpha value is -1.10. The van der Waals surface area contributed by atoms with Gasteiger partial charge in [0.25, 0.3) is 0 Å². The topological polar surface area (TPSA) is 57.5 Å². The first-order valence-electron chi connectivity index (χ1n) is 4.31. The lowest BCUT2D eigenvalue weighted by Gasteiger charge is -2.11. The van der Waals surface area contributed by atoms with Gasteiger partial charge in [0, 0.05) is 5.56 Å². The molecule has 0 bridgehead atoms. The van der Waals surface area contributed by atoms with Gasteiger partial charge in [-0.05, 0) is 34.0 Å². The molecule has 1 unspecified atom stereocenters. The Morgan fingerprint density at radius 2 is 2.20 bits per heavy atom. The number of carbonyl (C=O) groups is 1. The Morgan fingerprint density at radius 1 is 1.60 bits per heavy atom. The van der Waals surface area contributed by atoms with E-state index in [-0.39, 0.29) is 16.6 Å². The first-order valence-corrected chi connectivity index (χ1v) is 5.10. The summed E-state index contributed by atoms with van der Waals surface area (Å²) in [4.78, 5) is 10.5. The number of halogens is 2. The molecule has 0 saturated carbocycles. The lowest BCUT2D eigenvalue weighted by molar-refractivity contribution is -0.137. The average Bonchev–Trinajstić information content (AvgIpc) is 2.09. The van der Waals surface area contributed by atoms with Gasteiger partial charge in [0.1, 0.15) is 11.6 Å². The number of carboxylic acid groups (broad SMARTS) is 1. The minimum absolute atomic E-state index is 0.1000. The van der Waals surface area contributed by atoms with Crippen LogP contribution >= 0.6 is 15.9 Å². The second-order valence-corrected chi connectivity index (χ2v) is 4.18. The number of phenolic OH excluding ortho intramolecular Hbond substituents is 1. The van der Waals surface area contributed by atoms with Crippen molar-refractivity contribution in [3.8, 4) is 5.75 Å². The third-order valence-electron chi connectivity index (χ3n) is 2.08. The van der Waals surface area contributed by atoms with E-state index in [4.69, 9.17) is 5.11 Å². The molecule has 0 radical (unpaired) electrons. The van der Waals surface area contributed by atoms with Crippen molar-refractivity contribution in [1.29, 1.82) is 0 Å². The number of aromatic hydroxyl groups is 1. The van der Waals surface area contributed by atoms with Gasteiger partial charge in [-0.25, -0.2) is 4.39 Å². The Bertz CT molecular complexity index is 392. The fourth-order valence-corrected chi connectivity index (χ4v) is 1.65. The van der Waals surface area contributed by atoms with Crippen molar-refractivity contribution in [1.82, 2.24) is 0 Å². The van der Waals surface area contributed by atoms with E-state index < -0.39 is 17.7 Å². The molecule has 0 amide bonds. The van der Waals surface area contributed by atoms with Gasteiger partial charge < -0.3 is 10.2 Å². The molecule has 3 nitrogen and oxygen atoms in total. The number of phenols is 1. The molecule has 0 spiro atoms. The summed E-state index contributed by atoms with van der Waals surface area (Å²) in [5.41, 5.74) is 0.304. The Morgan fingerprint density at radius 3 is 2.73 bits per heavy atom. The molecule has 0 fully saturated rings. The van der Waals surface area contributed by atoms with Gasteiger partial charge in [-0.3, -0.25) is 4.79 Å². The summed E-state index contributed by atoms with van der Waals surface area (Å²) >= 11 is 2.93. The van der Waals surface area contributed by atoms with Gasteiger partial charge in [0.05, 0.1) is 10.9 Å². The lowest BCUT2D eigenvalue weighted by atomic mass is 9.97. The van der Waals surface area contributed by atoms with Gasteiger partial charge in [-0.15, -0.1) is 0 Å². The fourth-order valence-electron chi connectivity index (χ4n) is 1.32. The molecule has 2 N–H and O–H groups in total. The molecule has 0 aromatic heterocycles. The number of rotatable bonds is 3. The predicted molar refractivity (Wildman–Crippen MR) is 56.4 cm³/mol. The van der Waals surface area contributed by atoms with Crippen molar-refractivity contribution >= 4 is 21.9 Å². The predicted octanol–water partition coefficient (Wildman–Crippen LogP) is 2.87. The molecular weight excluding hydrogens is 267 g/mol. The van der Waals surface area contributed by atoms with Gasteiger partial charge in [-0.2, -0.15) is 0 Å². The van der Waals surface area contributed by atoms with Crippen molar-refractivity contribution < 1.29 is 19.4 Å². The molecule has 0 heterocycles. The largest absolute Gasteiger partial charge is 0.508 e. The maximum Gasteiger partial charge on any atom is 0.303 e. The fraction of sp³-hybridized carbons (Fsp3) is 0.300. The lowest BCUT2D eigenvalue weighted by Crippen LogP contribution is -2.03. The number of hydrogen-bond donors (Lipinski definition) is 2. The highest BCUT2D eigenvalue weighted by molar-refractivity contribution is 9.10. The molecule has 15 heavy (non-hydrogen) atoms. The summed E-state index contributed by atoms with van der Waals surface area (Å²) in [6.45, 7) is 1.62. The minimum atomic E-state index is -0.981. The Kier molecular flexibility index (Phi) is 3.68. The molecule has 0 aliphatic heterocycles. The van der Waals surface area contributed by atoms with Crippen LogP contribution in [0.4, 0.5) is 4.39 Å². The third kappa shape index (κ3) is 2.92. The van der Waals surface area contributed by atoms with E-state index in [1.54, 1.807) is 6.92 Å². The molecule has 0 saturated heterocycles. The number of carboxylic acids is 1. The summed E-state index contributed by atoms with van der Waals surface area (Å²) < 4.78 is 13.3. The second-order valence-electron chi connectivity index (χ2n) is 3.32. The van der Waals surface area contributed by atoms with Gasteiger partial charge in [-0.1, -0.05) is 6.92 Å². The Labute approximate surface area is 94.7 Å². The number of hydrogen-bond acceptors (Lipinski definition) is 2. The maximum atomic E-state index is 13.2. The molecule has 1 aromatic rings. The van der Waals surface area contributed by atoms with Crippen molar-refractivity contribution in [3.63, 3.8) is 0 Å². The smallest absolute Gasteiger partial charge is 0.303 e. The molecule has 0 aliphatic rings. The van der Waals surface area contributed by atoms with Gasteiger partial charge in [0.2, 0.25) is 0 Å². The highest BCUT2D eigenvalue weighted by Crippen LogP contribution is 2.32.